The van der Waals surface area contributed by atoms with Crippen LogP contribution in [0.3, 0.4) is 0 Å². The van der Waals surface area contributed by atoms with Gasteiger partial charge in [0.2, 0.25) is 0 Å². The van der Waals surface area contributed by atoms with Crippen LogP contribution < -0.4 is 0 Å². The van der Waals surface area contributed by atoms with Gasteiger partial charge in [0, 0.05) is 24.6 Å². The lowest BCUT2D eigenvalue weighted by Crippen LogP contribution is -2.43. The Balaban J connectivity index is 2.60. The van der Waals surface area contributed by atoms with Gasteiger partial charge in [-0.15, -0.1) is 0 Å². The Bertz CT molecular complexity index is 181. The Morgan fingerprint density at radius 1 is 1.19 bits per heavy atom. The molecule has 2 heteroatoms. The van der Waals surface area contributed by atoms with Crippen LogP contribution in [0.5, 0.6) is 0 Å². The minimum Gasteiger partial charge on any atom is -0.396 e. The van der Waals surface area contributed by atoms with E-state index in [1.807, 2.05) is 0 Å². The summed E-state index contributed by atoms with van der Waals surface area (Å²) in [6.45, 7) is 9.41. The Labute approximate surface area is 101 Å². The van der Waals surface area contributed by atoms with E-state index < -0.39 is 0 Å². The maximum atomic E-state index is 9.64. The first-order valence-corrected chi connectivity index (χ1v) is 7.02. The van der Waals surface area contributed by atoms with Gasteiger partial charge >= 0.3 is 0 Å². The van der Waals surface area contributed by atoms with Gasteiger partial charge in [0.15, 0.2) is 0 Å². The lowest BCUT2D eigenvalue weighted by molar-refractivity contribution is 0.0512. The van der Waals surface area contributed by atoms with Gasteiger partial charge in [0.25, 0.3) is 0 Å². The summed E-state index contributed by atoms with van der Waals surface area (Å²) in [5.74, 6) is 0. The molecule has 1 heterocycles. The average Bonchev–Trinajstić information content (AvgIpc) is 2.52. The SMILES string of the molecule is CCC(CC)(CO)CN1CCCCCC1C. The molecule has 1 fully saturated rings. The summed E-state index contributed by atoms with van der Waals surface area (Å²) in [5.41, 5.74) is 0.138. The minimum atomic E-state index is 0.138. The highest BCUT2D eigenvalue weighted by Crippen LogP contribution is 2.29. The molecule has 0 saturated carbocycles. The predicted molar refractivity (Wildman–Crippen MR) is 69.6 cm³/mol. The van der Waals surface area contributed by atoms with Crippen LogP contribution in [0.25, 0.3) is 0 Å². The molecule has 1 N–H and O–H groups in total. The van der Waals surface area contributed by atoms with E-state index in [9.17, 15) is 5.11 Å². The van der Waals surface area contributed by atoms with Crippen molar-refractivity contribution in [2.75, 3.05) is 19.7 Å². The van der Waals surface area contributed by atoms with Crippen molar-refractivity contribution in [1.29, 1.82) is 0 Å². The fraction of sp³-hybridized carbons (Fsp3) is 1.00. The molecule has 0 aromatic carbocycles. The van der Waals surface area contributed by atoms with E-state index in [0.29, 0.717) is 12.6 Å². The summed E-state index contributed by atoms with van der Waals surface area (Å²) in [6.07, 6.45) is 7.59. The molecule has 0 aromatic rings. The van der Waals surface area contributed by atoms with E-state index in [2.05, 4.69) is 25.7 Å². The smallest absolute Gasteiger partial charge is 0.0499 e. The van der Waals surface area contributed by atoms with Gasteiger partial charge in [0.05, 0.1) is 0 Å². The number of rotatable bonds is 5. The van der Waals surface area contributed by atoms with Gasteiger partial charge in [0.1, 0.15) is 0 Å². The second-order valence-electron chi connectivity index (χ2n) is 5.53. The molecule has 1 aliphatic heterocycles. The van der Waals surface area contributed by atoms with Crippen LogP contribution in [-0.2, 0) is 0 Å². The lowest BCUT2D eigenvalue weighted by Gasteiger charge is -2.38. The fourth-order valence-electron chi connectivity index (χ4n) is 2.75. The zero-order valence-electron chi connectivity index (χ0n) is 11.3. The van der Waals surface area contributed by atoms with Gasteiger partial charge < -0.3 is 10.0 Å². The third-order valence-electron chi connectivity index (χ3n) is 4.56. The van der Waals surface area contributed by atoms with Crippen molar-refractivity contribution in [2.24, 2.45) is 5.41 Å². The van der Waals surface area contributed by atoms with Crippen LogP contribution in [0.4, 0.5) is 0 Å². The zero-order chi connectivity index (χ0) is 12.0. The van der Waals surface area contributed by atoms with Crippen LogP contribution >= 0.6 is 0 Å². The molecule has 2 nitrogen and oxygen atoms in total. The van der Waals surface area contributed by atoms with Gasteiger partial charge in [-0.05, 0) is 39.2 Å². The summed E-state index contributed by atoms with van der Waals surface area (Å²) >= 11 is 0. The van der Waals surface area contributed by atoms with Gasteiger partial charge in [-0.1, -0.05) is 26.7 Å². The van der Waals surface area contributed by atoms with Crippen molar-refractivity contribution in [3.05, 3.63) is 0 Å². The monoisotopic (exact) mass is 227 g/mol. The van der Waals surface area contributed by atoms with E-state index in [-0.39, 0.29) is 5.41 Å². The number of nitrogens with zero attached hydrogens (tertiary/aromatic N) is 1. The van der Waals surface area contributed by atoms with Crippen LogP contribution in [0, 0.1) is 5.41 Å². The summed E-state index contributed by atoms with van der Waals surface area (Å²) in [6, 6.07) is 0.700. The van der Waals surface area contributed by atoms with Gasteiger partial charge in [-0.25, -0.2) is 0 Å². The average molecular weight is 227 g/mol. The van der Waals surface area contributed by atoms with Gasteiger partial charge in [-0.3, -0.25) is 0 Å². The summed E-state index contributed by atoms with van der Waals surface area (Å²) < 4.78 is 0. The first-order chi connectivity index (χ1) is 7.67. The highest BCUT2D eigenvalue weighted by atomic mass is 16.3. The normalized spacial score (nSPS) is 24.4. The summed E-state index contributed by atoms with van der Waals surface area (Å²) in [4.78, 5) is 2.61. The Hall–Kier alpha value is -0.0800. The third kappa shape index (κ3) is 3.46. The molecule has 1 rings (SSSR count). The largest absolute Gasteiger partial charge is 0.396 e. The molecule has 0 aliphatic carbocycles. The number of aliphatic hydroxyl groups is 1. The van der Waals surface area contributed by atoms with Crippen molar-refractivity contribution in [1.82, 2.24) is 4.90 Å². The molecule has 0 aromatic heterocycles. The van der Waals surface area contributed by atoms with E-state index in [1.165, 1.54) is 32.2 Å². The van der Waals surface area contributed by atoms with Crippen molar-refractivity contribution >= 4 is 0 Å². The number of hydrogen-bond donors (Lipinski definition) is 1. The molecular weight excluding hydrogens is 198 g/mol. The van der Waals surface area contributed by atoms with Crippen LogP contribution in [0.15, 0.2) is 0 Å². The Kier molecular flexibility index (Phi) is 5.77. The summed E-state index contributed by atoms with van der Waals surface area (Å²) in [7, 11) is 0. The highest BCUT2D eigenvalue weighted by Gasteiger charge is 2.30. The highest BCUT2D eigenvalue weighted by molar-refractivity contribution is 4.83. The molecule has 1 aliphatic rings. The van der Waals surface area contributed by atoms with Crippen molar-refractivity contribution in [2.45, 2.75) is 65.3 Å². The Morgan fingerprint density at radius 3 is 2.44 bits per heavy atom. The molecule has 0 radical (unpaired) electrons. The maximum Gasteiger partial charge on any atom is 0.0499 e. The van der Waals surface area contributed by atoms with Crippen LogP contribution in [-0.4, -0.2) is 35.7 Å². The molecule has 0 amide bonds. The molecule has 1 saturated heterocycles. The number of aliphatic hydroxyl groups excluding tert-OH is 1. The fourth-order valence-corrected chi connectivity index (χ4v) is 2.75. The van der Waals surface area contributed by atoms with Crippen LogP contribution in [0.2, 0.25) is 0 Å². The molecule has 0 spiro atoms. The van der Waals surface area contributed by atoms with Crippen LogP contribution in [0.1, 0.15) is 59.3 Å². The molecule has 1 atom stereocenters. The third-order valence-corrected chi connectivity index (χ3v) is 4.56. The standard InChI is InChI=1S/C14H29NO/c1-4-14(5-2,12-16)11-15-10-8-6-7-9-13(15)3/h13,16H,4-12H2,1-3H3. The molecule has 1 unspecified atom stereocenters. The topological polar surface area (TPSA) is 23.5 Å². The van der Waals surface area contributed by atoms with E-state index in [4.69, 9.17) is 0 Å². The predicted octanol–water partition coefficient (Wildman–Crippen LogP) is 3.05. The zero-order valence-corrected chi connectivity index (χ0v) is 11.3. The Morgan fingerprint density at radius 2 is 1.88 bits per heavy atom. The van der Waals surface area contributed by atoms with Gasteiger partial charge in [-0.2, -0.15) is 0 Å². The molecule has 96 valence electrons. The van der Waals surface area contributed by atoms with E-state index >= 15 is 0 Å². The second kappa shape index (κ2) is 6.61. The number of likely N-dealkylation sites (tertiary alicyclic amines) is 1. The first-order valence-electron chi connectivity index (χ1n) is 7.02. The maximum absolute atomic E-state index is 9.64. The minimum absolute atomic E-state index is 0.138. The second-order valence-corrected chi connectivity index (χ2v) is 5.53. The number of hydrogen-bond acceptors (Lipinski definition) is 2. The van der Waals surface area contributed by atoms with Crippen molar-refractivity contribution < 1.29 is 5.11 Å². The molecule has 0 bridgehead atoms. The lowest BCUT2D eigenvalue weighted by atomic mass is 9.82. The molecular formula is C14H29NO. The quantitative estimate of drug-likeness (QED) is 0.780. The van der Waals surface area contributed by atoms with E-state index in [1.54, 1.807) is 0 Å². The van der Waals surface area contributed by atoms with Crippen molar-refractivity contribution in [3.8, 4) is 0 Å². The first kappa shape index (κ1) is 14.0. The van der Waals surface area contributed by atoms with Crippen molar-refractivity contribution in [3.63, 3.8) is 0 Å². The molecule has 16 heavy (non-hydrogen) atoms. The van der Waals surface area contributed by atoms with E-state index in [0.717, 1.165) is 19.4 Å². The summed E-state index contributed by atoms with van der Waals surface area (Å²) in [5, 5.41) is 9.64.